The number of hydrogen-bond acceptors (Lipinski definition) is 1. The Morgan fingerprint density at radius 3 is 2.21 bits per heavy atom. The second-order valence-electron chi connectivity index (χ2n) is 7.00. The molecule has 3 nitrogen and oxygen atoms in total. The van der Waals surface area contributed by atoms with Gasteiger partial charge >= 0.3 is 0 Å². The van der Waals surface area contributed by atoms with Gasteiger partial charge in [-0.3, -0.25) is 4.79 Å². The lowest BCUT2D eigenvalue weighted by Gasteiger charge is -2.13. The van der Waals surface area contributed by atoms with Crippen molar-refractivity contribution in [3.8, 4) is 16.9 Å². The SMILES string of the molecule is Cc1ccc(NC(=O)c2cc(-c3ccccc3)n(-c3ccccc3F)c2C)cc1. The molecule has 4 aromatic rings. The lowest BCUT2D eigenvalue weighted by molar-refractivity contribution is 0.102. The van der Waals surface area contributed by atoms with Crippen molar-refractivity contribution in [2.45, 2.75) is 13.8 Å². The van der Waals surface area contributed by atoms with Crippen LogP contribution in [0.4, 0.5) is 10.1 Å². The topological polar surface area (TPSA) is 34.0 Å². The highest BCUT2D eigenvalue weighted by atomic mass is 19.1. The van der Waals surface area contributed by atoms with E-state index in [1.807, 2.05) is 74.5 Å². The summed E-state index contributed by atoms with van der Waals surface area (Å²) in [4.78, 5) is 13.0. The third-order valence-electron chi connectivity index (χ3n) is 4.96. The second-order valence-corrected chi connectivity index (χ2v) is 7.00. The van der Waals surface area contributed by atoms with Crippen molar-refractivity contribution >= 4 is 11.6 Å². The van der Waals surface area contributed by atoms with Crippen molar-refractivity contribution in [2.75, 3.05) is 5.32 Å². The number of para-hydroxylation sites is 1. The Kier molecular flexibility index (Phi) is 5.00. The number of halogens is 1. The minimum Gasteiger partial charge on any atom is -0.322 e. The molecule has 0 saturated heterocycles. The molecule has 3 aromatic carbocycles. The van der Waals surface area contributed by atoms with Crippen LogP contribution in [0.25, 0.3) is 16.9 Å². The van der Waals surface area contributed by atoms with Gasteiger partial charge in [-0.1, -0.05) is 60.2 Å². The lowest BCUT2D eigenvalue weighted by Crippen LogP contribution is -2.13. The molecular formula is C25H21FN2O. The van der Waals surface area contributed by atoms with Gasteiger partial charge in [0, 0.05) is 11.4 Å². The third kappa shape index (κ3) is 3.69. The molecule has 1 heterocycles. The zero-order valence-electron chi connectivity index (χ0n) is 16.3. The van der Waals surface area contributed by atoms with Crippen LogP contribution in [0.1, 0.15) is 21.6 Å². The van der Waals surface area contributed by atoms with E-state index in [2.05, 4.69) is 5.32 Å². The van der Waals surface area contributed by atoms with Crippen molar-refractivity contribution in [1.82, 2.24) is 4.57 Å². The highest BCUT2D eigenvalue weighted by molar-refractivity contribution is 6.06. The molecule has 0 unspecified atom stereocenters. The van der Waals surface area contributed by atoms with E-state index in [0.717, 1.165) is 22.5 Å². The van der Waals surface area contributed by atoms with Gasteiger partial charge in [-0.15, -0.1) is 0 Å². The Morgan fingerprint density at radius 2 is 1.52 bits per heavy atom. The smallest absolute Gasteiger partial charge is 0.257 e. The number of anilines is 1. The van der Waals surface area contributed by atoms with Crippen LogP contribution in [0.5, 0.6) is 0 Å². The first-order valence-electron chi connectivity index (χ1n) is 9.45. The average Bonchev–Trinajstić information content (AvgIpc) is 3.08. The maximum atomic E-state index is 14.6. The summed E-state index contributed by atoms with van der Waals surface area (Å²) in [5.41, 5.74) is 5.12. The molecule has 1 N–H and O–H groups in total. The van der Waals surface area contributed by atoms with E-state index in [1.54, 1.807) is 22.8 Å². The fourth-order valence-corrected chi connectivity index (χ4v) is 3.44. The highest BCUT2D eigenvalue weighted by Gasteiger charge is 2.21. The molecule has 0 aliphatic rings. The Labute approximate surface area is 169 Å². The van der Waals surface area contributed by atoms with E-state index in [4.69, 9.17) is 0 Å². The van der Waals surface area contributed by atoms with Crippen LogP contribution in [-0.4, -0.2) is 10.5 Å². The molecule has 0 radical (unpaired) electrons. The first-order valence-corrected chi connectivity index (χ1v) is 9.45. The minimum absolute atomic E-state index is 0.223. The molecule has 29 heavy (non-hydrogen) atoms. The number of amides is 1. The molecule has 0 aliphatic carbocycles. The fraction of sp³-hybridized carbons (Fsp3) is 0.0800. The summed E-state index contributed by atoms with van der Waals surface area (Å²) in [5, 5.41) is 2.94. The van der Waals surface area contributed by atoms with Crippen LogP contribution in [0, 0.1) is 19.7 Å². The molecule has 0 aliphatic heterocycles. The number of carbonyl (C=O) groups is 1. The van der Waals surface area contributed by atoms with Gasteiger partial charge in [0.15, 0.2) is 0 Å². The van der Waals surface area contributed by atoms with Crippen molar-refractivity contribution in [1.29, 1.82) is 0 Å². The van der Waals surface area contributed by atoms with Crippen LogP contribution < -0.4 is 5.32 Å². The van der Waals surface area contributed by atoms with Crippen LogP contribution in [0.2, 0.25) is 0 Å². The zero-order valence-corrected chi connectivity index (χ0v) is 16.3. The van der Waals surface area contributed by atoms with Gasteiger partial charge in [-0.25, -0.2) is 4.39 Å². The van der Waals surface area contributed by atoms with Crippen molar-refractivity contribution in [3.05, 3.63) is 108 Å². The van der Waals surface area contributed by atoms with Crippen LogP contribution in [-0.2, 0) is 0 Å². The molecule has 1 aromatic heterocycles. The van der Waals surface area contributed by atoms with Crippen LogP contribution in [0.15, 0.2) is 84.9 Å². The molecule has 0 atom stereocenters. The second kappa shape index (κ2) is 7.76. The van der Waals surface area contributed by atoms with Gasteiger partial charge in [0.2, 0.25) is 0 Å². The monoisotopic (exact) mass is 384 g/mol. The van der Waals surface area contributed by atoms with Gasteiger partial charge in [-0.2, -0.15) is 0 Å². The summed E-state index contributed by atoms with van der Waals surface area (Å²) in [5.74, 6) is -0.563. The molecular weight excluding hydrogens is 363 g/mol. The van der Waals surface area contributed by atoms with Crippen LogP contribution >= 0.6 is 0 Å². The minimum atomic E-state index is -0.339. The van der Waals surface area contributed by atoms with Crippen molar-refractivity contribution in [3.63, 3.8) is 0 Å². The zero-order chi connectivity index (χ0) is 20.4. The highest BCUT2D eigenvalue weighted by Crippen LogP contribution is 2.31. The van der Waals surface area contributed by atoms with Crippen molar-refractivity contribution in [2.24, 2.45) is 0 Å². The van der Waals surface area contributed by atoms with Gasteiger partial charge in [0.05, 0.1) is 16.9 Å². The average molecular weight is 384 g/mol. The molecule has 144 valence electrons. The number of aromatic nitrogens is 1. The largest absolute Gasteiger partial charge is 0.322 e. The number of nitrogens with zero attached hydrogens (tertiary/aromatic N) is 1. The summed E-state index contributed by atoms with van der Waals surface area (Å²) in [7, 11) is 0. The van der Waals surface area contributed by atoms with Crippen LogP contribution in [0.3, 0.4) is 0 Å². The van der Waals surface area contributed by atoms with E-state index in [-0.39, 0.29) is 11.7 Å². The predicted molar refractivity (Wildman–Crippen MR) is 115 cm³/mol. The molecule has 4 heteroatoms. The fourth-order valence-electron chi connectivity index (χ4n) is 3.44. The number of hydrogen-bond donors (Lipinski definition) is 1. The van der Waals surface area contributed by atoms with Gasteiger partial charge < -0.3 is 9.88 Å². The summed E-state index contributed by atoms with van der Waals surface area (Å²) in [6.45, 7) is 3.83. The number of aryl methyl sites for hydroxylation is 1. The third-order valence-corrected chi connectivity index (χ3v) is 4.96. The molecule has 0 fully saturated rings. The summed E-state index contributed by atoms with van der Waals surface area (Å²) in [6.07, 6.45) is 0. The molecule has 1 amide bonds. The number of carbonyl (C=O) groups excluding carboxylic acids is 1. The van der Waals surface area contributed by atoms with Crippen molar-refractivity contribution < 1.29 is 9.18 Å². The van der Waals surface area contributed by atoms with E-state index in [9.17, 15) is 9.18 Å². The molecule has 0 saturated carbocycles. The van der Waals surface area contributed by atoms with E-state index >= 15 is 0 Å². The Bertz CT molecular complexity index is 1160. The van der Waals surface area contributed by atoms with E-state index < -0.39 is 0 Å². The quantitative estimate of drug-likeness (QED) is 0.450. The summed E-state index contributed by atoms with van der Waals surface area (Å²) in [6, 6.07) is 25.7. The van der Waals surface area contributed by atoms with Gasteiger partial charge in [0.1, 0.15) is 5.82 Å². The standard InChI is InChI=1S/C25H21FN2O/c1-17-12-14-20(15-13-17)27-25(29)21-16-24(19-8-4-3-5-9-19)28(18(21)2)23-11-7-6-10-22(23)26/h3-16H,1-2H3,(H,27,29). The first kappa shape index (κ1) is 18.7. The summed E-state index contributed by atoms with van der Waals surface area (Å²) < 4.78 is 16.4. The summed E-state index contributed by atoms with van der Waals surface area (Å²) >= 11 is 0. The lowest BCUT2D eigenvalue weighted by atomic mass is 10.1. The van der Waals surface area contributed by atoms with Gasteiger partial charge in [0.25, 0.3) is 5.91 Å². The van der Waals surface area contributed by atoms with E-state index in [0.29, 0.717) is 16.9 Å². The van der Waals surface area contributed by atoms with E-state index in [1.165, 1.54) is 6.07 Å². The molecule has 4 rings (SSSR count). The maximum absolute atomic E-state index is 14.6. The Balaban J connectivity index is 1.82. The Hall–Kier alpha value is -3.66. The number of benzene rings is 3. The maximum Gasteiger partial charge on any atom is 0.257 e. The Morgan fingerprint density at radius 1 is 0.862 bits per heavy atom. The first-order chi connectivity index (χ1) is 14.0. The number of rotatable bonds is 4. The van der Waals surface area contributed by atoms with Gasteiger partial charge in [-0.05, 0) is 49.7 Å². The molecule has 0 bridgehead atoms. The number of nitrogens with one attached hydrogen (secondary N) is 1. The predicted octanol–water partition coefficient (Wildman–Crippen LogP) is 6.15. The molecule has 0 spiro atoms. The normalized spacial score (nSPS) is 10.7.